The van der Waals surface area contributed by atoms with E-state index in [4.69, 9.17) is 9.47 Å². The largest absolute Gasteiger partial charge is 0.497 e. The summed E-state index contributed by atoms with van der Waals surface area (Å²) in [6, 6.07) is 19.4. The van der Waals surface area contributed by atoms with Crippen LogP contribution < -0.4 is 19.1 Å². The molecule has 0 unspecified atom stereocenters. The average molecular weight is 628 g/mol. The molecule has 232 valence electrons. The van der Waals surface area contributed by atoms with Crippen LogP contribution in [0.3, 0.4) is 0 Å². The van der Waals surface area contributed by atoms with E-state index in [1.807, 2.05) is 27.0 Å². The molecular formula is C32H41N3O6S2. The number of carbonyl (C=O) groups excluding carboxylic acids is 2. The van der Waals surface area contributed by atoms with Gasteiger partial charge in [-0.2, -0.15) is 0 Å². The molecule has 0 saturated heterocycles. The first-order valence-electron chi connectivity index (χ1n) is 13.9. The van der Waals surface area contributed by atoms with Crippen LogP contribution >= 0.6 is 11.8 Å². The number of carbonyl (C=O) groups is 2. The van der Waals surface area contributed by atoms with Crippen LogP contribution in [0.2, 0.25) is 0 Å². The number of hydrogen-bond acceptors (Lipinski definition) is 7. The second kappa shape index (κ2) is 14.7. The van der Waals surface area contributed by atoms with Gasteiger partial charge in [-0.25, -0.2) is 8.42 Å². The number of hydrogen-bond donors (Lipinski definition) is 1. The summed E-state index contributed by atoms with van der Waals surface area (Å²) < 4.78 is 40.4. The summed E-state index contributed by atoms with van der Waals surface area (Å²) in [5, 5.41) is 2.93. The molecule has 1 atom stereocenters. The standard InChI is InChI=1S/C32H41N3O6S2/c1-8-41-29-12-10-9-11-28(29)35(43(38,39)27-19-17-26(42-7)18-20-27)22-30(36)34(23(2)31(37)33-32(3,4)5)21-24-13-15-25(40-6)16-14-24/h9-20,23H,8,21-22H2,1-7H3,(H,33,37)/t23-/m0/s1. The maximum atomic E-state index is 14.2. The van der Waals surface area contributed by atoms with Crippen molar-refractivity contribution < 1.29 is 27.5 Å². The molecule has 11 heteroatoms. The first-order valence-corrected chi connectivity index (χ1v) is 16.6. The van der Waals surface area contributed by atoms with Gasteiger partial charge in [-0.15, -0.1) is 11.8 Å². The smallest absolute Gasteiger partial charge is 0.264 e. The van der Waals surface area contributed by atoms with E-state index in [-0.39, 0.29) is 23.0 Å². The zero-order chi connectivity index (χ0) is 31.8. The van der Waals surface area contributed by atoms with Crippen LogP contribution in [0.4, 0.5) is 5.69 Å². The van der Waals surface area contributed by atoms with Gasteiger partial charge in [0.15, 0.2) is 0 Å². The lowest BCUT2D eigenvalue weighted by Crippen LogP contribution is -2.54. The third-order valence-corrected chi connectivity index (χ3v) is 9.06. The third-order valence-electron chi connectivity index (χ3n) is 6.54. The number of thioether (sulfide) groups is 1. The van der Waals surface area contributed by atoms with E-state index >= 15 is 0 Å². The monoisotopic (exact) mass is 627 g/mol. The summed E-state index contributed by atoms with van der Waals surface area (Å²) >= 11 is 1.49. The summed E-state index contributed by atoms with van der Waals surface area (Å²) in [5.41, 5.74) is 0.443. The van der Waals surface area contributed by atoms with E-state index in [1.165, 1.54) is 28.8 Å². The normalized spacial score (nSPS) is 12.3. The molecule has 3 aromatic carbocycles. The molecule has 0 aliphatic heterocycles. The predicted molar refractivity (Wildman–Crippen MR) is 171 cm³/mol. The Morgan fingerprint density at radius 1 is 0.977 bits per heavy atom. The summed E-state index contributed by atoms with van der Waals surface area (Å²) in [6.45, 7) is 8.82. The Bertz CT molecular complexity index is 1490. The fourth-order valence-corrected chi connectivity index (χ4v) is 6.15. The Morgan fingerprint density at radius 3 is 2.16 bits per heavy atom. The van der Waals surface area contributed by atoms with E-state index in [0.29, 0.717) is 18.1 Å². The number of benzene rings is 3. The summed E-state index contributed by atoms with van der Waals surface area (Å²) in [7, 11) is -2.66. The van der Waals surface area contributed by atoms with Gasteiger partial charge < -0.3 is 19.7 Å². The topological polar surface area (TPSA) is 105 Å². The maximum absolute atomic E-state index is 14.2. The number of ether oxygens (including phenoxy) is 2. The number of para-hydroxylation sites is 2. The van der Waals surface area contributed by atoms with E-state index in [9.17, 15) is 18.0 Å². The first-order chi connectivity index (χ1) is 20.3. The van der Waals surface area contributed by atoms with Crippen LogP contribution in [0.5, 0.6) is 11.5 Å². The van der Waals surface area contributed by atoms with E-state index in [0.717, 1.165) is 14.8 Å². The van der Waals surface area contributed by atoms with Gasteiger partial charge in [-0.1, -0.05) is 24.3 Å². The molecule has 0 spiro atoms. The van der Waals surface area contributed by atoms with Crippen molar-refractivity contribution in [3.63, 3.8) is 0 Å². The molecule has 0 heterocycles. The second-order valence-corrected chi connectivity index (χ2v) is 13.6. The minimum absolute atomic E-state index is 0.0321. The van der Waals surface area contributed by atoms with Gasteiger partial charge in [0.25, 0.3) is 10.0 Å². The molecule has 0 aliphatic rings. The fourth-order valence-electron chi connectivity index (χ4n) is 4.31. The molecule has 0 radical (unpaired) electrons. The van der Waals surface area contributed by atoms with Crippen molar-refractivity contribution in [2.75, 3.05) is 30.8 Å². The van der Waals surface area contributed by atoms with Crippen LogP contribution in [-0.2, 0) is 26.2 Å². The number of nitrogens with zero attached hydrogens (tertiary/aromatic N) is 2. The van der Waals surface area contributed by atoms with Crippen molar-refractivity contribution >= 4 is 39.3 Å². The second-order valence-electron chi connectivity index (χ2n) is 10.9. The highest BCUT2D eigenvalue weighted by Gasteiger charge is 2.34. The lowest BCUT2D eigenvalue weighted by molar-refractivity contribution is -0.140. The SMILES string of the molecule is CCOc1ccccc1N(CC(=O)N(Cc1ccc(OC)cc1)[C@@H](C)C(=O)NC(C)(C)C)S(=O)(=O)c1ccc(SC)cc1. The minimum atomic E-state index is -4.23. The molecule has 0 bridgehead atoms. The number of nitrogens with one attached hydrogen (secondary N) is 1. The van der Waals surface area contributed by atoms with Crippen LogP contribution in [0.25, 0.3) is 0 Å². The third kappa shape index (κ3) is 8.90. The zero-order valence-electron chi connectivity index (χ0n) is 25.8. The summed E-state index contributed by atoms with van der Waals surface area (Å²) in [4.78, 5) is 29.8. The van der Waals surface area contributed by atoms with Crippen LogP contribution in [-0.4, -0.2) is 63.2 Å². The van der Waals surface area contributed by atoms with Gasteiger partial charge >= 0.3 is 0 Å². The van der Waals surface area contributed by atoms with Gasteiger partial charge in [0, 0.05) is 17.0 Å². The highest BCUT2D eigenvalue weighted by molar-refractivity contribution is 7.98. The zero-order valence-corrected chi connectivity index (χ0v) is 27.4. The average Bonchev–Trinajstić information content (AvgIpc) is 2.98. The molecule has 0 fully saturated rings. The van der Waals surface area contributed by atoms with Gasteiger partial charge in [0.1, 0.15) is 24.1 Å². The Labute approximate surface area is 259 Å². The lowest BCUT2D eigenvalue weighted by atomic mass is 10.1. The van der Waals surface area contributed by atoms with E-state index < -0.39 is 34.1 Å². The van der Waals surface area contributed by atoms with Crippen molar-refractivity contribution in [3.05, 3.63) is 78.4 Å². The Balaban J connectivity index is 2.09. The number of anilines is 1. The molecule has 1 N–H and O–H groups in total. The number of sulfonamides is 1. The highest BCUT2D eigenvalue weighted by Crippen LogP contribution is 2.33. The molecule has 0 aliphatic carbocycles. The predicted octanol–water partition coefficient (Wildman–Crippen LogP) is 5.34. The van der Waals surface area contributed by atoms with E-state index in [1.54, 1.807) is 81.6 Å². The summed E-state index contributed by atoms with van der Waals surface area (Å²) in [5.74, 6) is 0.0638. The van der Waals surface area contributed by atoms with Crippen LogP contribution in [0, 0.1) is 0 Å². The number of methoxy groups -OCH3 is 1. The van der Waals surface area contributed by atoms with Gasteiger partial charge in [-0.05, 0) is 95.0 Å². The van der Waals surface area contributed by atoms with E-state index in [2.05, 4.69) is 5.32 Å². The fraction of sp³-hybridized carbons (Fsp3) is 0.375. The van der Waals surface area contributed by atoms with Gasteiger partial charge in [0.05, 0.1) is 24.3 Å². The lowest BCUT2D eigenvalue weighted by Gasteiger charge is -2.33. The van der Waals surface area contributed by atoms with Crippen LogP contribution in [0.15, 0.2) is 82.6 Å². The number of rotatable bonds is 13. The first kappa shape index (κ1) is 33.8. The Kier molecular flexibility index (Phi) is 11.5. The van der Waals surface area contributed by atoms with Gasteiger partial charge in [-0.3, -0.25) is 13.9 Å². The van der Waals surface area contributed by atoms with Crippen molar-refractivity contribution in [3.8, 4) is 11.5 Å². The van der Waals surface area contributed by atoms with Crippen molar-refractivity contribution in [1.82, 2.24) is 10.2 Å². The molecule has 2 amide bonds. The molecule has 0 saturated carbocycles. The van der Waals surface area contributed by atoms with Crippen molar-refractivity contribution in [2.45, 2.75) is 62.5 Å². The minimum Gasteiger partial charge on any atom is -0.497 e. The quantitative estimate of drug-likeness (QED) is 0.255. The summed E-state index contributed by atoms with van der Waals surface area (Å²) in [6.07, 6.45) is 1.90. The maximum Gasteiger partial charge on any atom is 0.264 e. The molecule has 9 nitrogen and oxygen atoms in total. The Morgan fingerprint density at radius 2 is 1.60 bits per heavy atom. The van der Waals surface area contributed by atoms with Crippen LogP contribution in [0.1, 0.15) is 40.2 Å². The Hall–Kier alpha value is -3.70. The van der Waals surface area contributed by atoms with Gasteiger partial charge in [0.2, 0.25) is 11.8 Å². The highest BCUT2D eigenvalue weighted by atomic mass is 32.2. The molecular weight excluding hydrogens is 587 g/mol. The molecule has 0 aromatic heterocycles. The van der Waals surface area contributed by atoms with Crippen molar-refractivity contribution in [2.24, 2.45) is 0 Å². The molecule has 3 rings (SSSR count). The molecule has 43 heavy (non-hydrogen) atoms. The molecule has 3 aromatic rings. The van der Waals surface area contributed by atoms with Crippen molar-refractivity contribution in [1.29, 1.82) is 0 Å². The number of amides is 2.